The van der Waals surface area contributed by atoms with E-state index in [0.717, 1.165) is 43.3 Å². The summed E-state index contributed by atoms with van der Waals surface area (Å²) in [5, 5.41) is 2.03. The van der Waals surface area contributed by atoms with Crippen LogP contribution in [-0.4, -0.2) is 18.0 Å². The van der Waals surface area contributed by atoms with Crippen LogP contribution in [-0.2, 0) is 15.7 Å². The molecule has 0 saturated heterocycles. The SMILES string of the molecule is CC(OC(=O)c1cccc(C(F)(F)F)c1)C(=O)Nc1cc(F)ccc1F. The zero-order chi connectivity index (χ0) is 19.5. The Hall–Kier alpha value is -2.97. The molecule has 1 amide bonds. The molecule has 0 fully saturated rings. The van der Waals surface area contributed by atoms with Gasteiger partial charge in [-0.3, -0.25) is 4.79 Å². The Kier molecular flexibility index (Phi) is 5.59. The van der Waals surface area contributed by atoms with Crippen LogP contribution in [0, 0.1) is 11.6 Å². The standard InChI is InChI=1S/C17H12F5NO3/c1-9(15(24)23-14-8-12(18)5-6-13(14)19)26-16(25)10-3-2-4-11(7-10)17(20,21)22/h2-9H,1H3,(H,23,24). The van der Waals surface area contributed by atoms with Crippen molar-refractivity contribution in [3.8, 4) is 0 Å². The Morgan fingerprint density at radius 3 is 2.42 bits per heavy atom. The van der Waals surface area contributed by atoms with E-state index in [1.54, 1.807) is 0 Å². The lowest BCUT2D eigenvalue weighted by atomic mass is 10.1. The first-order valence-corrected chi connectivity index (χ1v) is 7.22. The lowest BCUT2D eigenvalue weighted by Gasteiger charge is -2.14. The minimum Gasteiger partial charge on any atom is -0.449 e. The number of ether oxygens (including phenoxy) is 1. The number of esters is 1. The molecule has 2 aromatic carbocycles. The largest absolute Gasteiger partial charge is 0.449 e. The molecule has 0 aliphatic heterocycles. The molecule has 1 unspecified atom stereocenters. The molecule has 138 valence electrons. The molecule has 0 heterocycles. The molecule has 0 aromatic heterocycles. The number of benzene rings is 2. The van der Waals surface area contributed by atoms with Crippen molar-refractivity contribution in [1.82, 2.24) is 0 Å². The molecule has 4 nitrogen and oxygen atoms in total. The van der Waals surface area contributed by atoms with Gasteiger partial charge in [0.25, 0.3) is 5.91 Å². The van der Waals surface area contributed by atoms with Gasteiger partial charge in [-0.2, -0.15) is 13.2 Å². The second-order valence-electron chi connectivity index (χ2n) is 5.24. The predicted octanol–water partition coefficient (Wildman–Crippen LogP) is 4.17. The molecule has 1 N–H and O–H groups in total. The van der Waals surface area contributed by atoms with Crippen LogP contribution in [0.15, 0.2) is 42.5 Å². The molecule has 0 radical (unpaired) electrons. The van der Waals surface area contributed by atoms with Crippen molar-refractivity contribution in [3.05, 3.63) is 65.2 Å². The first-order valence-electron chi connectivity index (χ1n) is 7.22. The Balaban J connectivity index is 2.07. The molecule has 9 heteroatoms. The number of hydrogen-bond donors (Lipinski definition) is 1. The fraction of sp³-hybridized carbons (Fsp3) is 0.176. The molecule has 2 rings (SSSR count). The van der Waals surface area contributed by atoms with Crippen molar-refractivity contribution < 1.29 is 36.3 Å². The highest BCUT2D eigenvalue weighted by atomic mass is 19.4. The van der Waals surface area contributed by atoms with Crippen molar-refractivity contribution in [2.45, 2.75) is 19.2 Å². The first-order chi connectivity index (χ1) is 12.1. The van der Waals surface area contributed by atoms with Crippen LogP contribution < -0.4 is 5.32 Å². The average Bonchev–Trinajstić information content (AvgIpc) is 2.57. The summed E-state index contributed by atoms with van der Waals surface area (Å²) in [6, 6.07) is 5.85. The van der Waals surface area contributed by atoms with Gasteiger partial charge in [0.05, 0.1) is 16.8 Å². The van der Waals surface area contributed by atoms with E-state index in [-0.39, 0.29) is 0 Å². The average molecular weight is 373 g/mol. The third kappa shape index (κ3) is 4.78. The summed E-state index contributed by atoms with van der Waals surface area (Å²) < 4.78 is 69.3. The van der Waals surface area contributed by atoms with Gasteiger partial charge >= 0.3 is 12.1 Å². The highest BCUT2D eigenvalue weighted by Gasteiger charge is 2.31. The summed E-state index contributed by atoms with van der Waals surface area (Å²) in [6.07, 6.45) is -6.10. The zero-order valence-corrected chi connectivity index (χ0v) is 13.2. The highest BCUT2D eigenvalue weighted by molar-refractivity contribution is 5.97. The number of amides is 1. The van der Waals surface area contributed by atoms with E-state index in [4.69, 9.17) is 4.74 Å². The van der Waals surface area contributed by atoms with Crippen LogP contribution in [0.5, 0.6) is 0 Å². The second-order valence-corrected chi connectivity index (χ2v) is 5.24. The van der Waals surface area contributed by atoms with E-state index in [1.165, 1.54) is 0 Å². The number of carbonyl (C=O) groups excluding carboxylic acids is 2. The van der Waals surface area contributed by atoms with E-state index < -0.39 is 52.6 Å². The lowest BCUT2D eigenvalue weighted by molar-refractivity contribution is -0.137. The number of carbonyl (C=O) groups is 2. The normalized spacial score (nSPS) is 12.4. The third-order valence-electron chi connectivity index (χ3n) is 3.26. The fourth-order valence-electron chi connectivity index (χ4n) is 1.93. The highest BCUT2D eigenvalue weighted by Crippen LogP contribution is 2.29. The summed E-state index contributed by atoms with van der Waals surface area (Å²) in [7, 11) is 0. The van der Waals surface area contributed by atoms with Crippen molar-refractivity contribution in [2.75, 3.05) is 5.32 Å². The Morgan fingerprint density at radius 1 is 1.08 bits per heavy atom. The van der Waals surface area contributed by atoms with Crippen LogP contribution in [0.2, 0.25) is 0 Å². The molecule has 0 aliphatic carbocycles. The number of halogens is 5. The van der Waals surface area contributed by atoms with Crippen LogP contribution in [0.1, 0.15) is 22.8 Å². The monoisotopic (exact) mass is 373 g/mol. The molecule has 1 atom stereocenters. The first kappa shape index (κ1) is 19.4. The maximum atomic E-state index is 13.5. The number of anilines is 1. The van der Waals surface area contributed by atoms with Gasteiger partial charge in [0, 0.05) is 6.07 Å². The molecular weight excluding hydrogens is 361 g/mol. The van der Waals surface area contributed by atoms with Gasteiger partial charge in [0.1, 0.15) is 11.6 Å². The Morgan fingerprint density at radius 2 is 1.77 bits per heavy atom. The number of nitrogens with one attached hydrogen (secondary N) is 1. The topological polar surface area (TPSA) is 55.4 Å². The number of hydrogen-bond acceptors (Lipinski definition) is 3. The summed E-state index contributed by atoms with van der Waals surface area (Å²) in [5.74, 6) is -3.85. The number of rotatable bonds is 4. The summed E-state index contributed by atoms with van der Waals surface area (Å²) in [4.78, 5) is 23.8. The van der Waals surface area contributed by atoms with E-state index in [1.807, 2.05) is 5.32 Å². The van der Waals surface area contributed by atoms with Gasteiger partial charge in [0.2, 0.25) is 0 Å². The van der Waals surface area contributed by atoms with Crippen LogP contribution in [0.25, 0.3) is 0 Å². The predicted molar refractivity (Wildman–Crippen MR) is 81.3 cm³/mol. The maximum absolute atomic E-state index is 13.5. The number of alkyl halides is 3. The van der Waals surface area contributed by atoms with Gasteiger partial charge in [-0.15, -0.1) is 0 Å². The molecule has 0 bridgehead atoms. The lowest BCUT2D eigenvalue weighted by Crippen LogP contribution is -2.30. The fourth-order valence-corrected chi connectivity index (χ4v) is 1.93. The van der Waals surface area contributed by atoms with Crippen molar-refractivity contribution in [1.29, 1.82) is 0 Å². The minimum absolute atomic E-state index is 0.406. The Bertz CT molecular complexity index is 835. The zero-order valence-electron chi connectivity index (χ0n) is 13.2. The van der Waals surface area contributed by atoms with Gasteiger partial charge in [0.15, 0.2) is 6.10 Å². The Labute approximate surface area is 144 Å². The summed E-state index contributed by atoms with van der Waals surface area (Å²) in [5.41, 5.74) is -1.92. The van der Waals surface area contributed by atoms with Crippen LogP contribution in [0.3, 0.4) is 0 Å². The molecule has 0 saturated carbocycles. The molecule has 2 aromatic rings. The quantitative estimate of drug-likeness (QED) is 0.647. The van der Waals surface area contributed by atoms with Crippen molar-refractivity contribution in [2.24, 2.45) is 0 Å². The molecule has 26 heavy (non-hydrogen) atoms. The molecule has 0 aliphatic rings. The van der Waals surface area contributed by atoms with E-state index in [2.05, 4.69) is 0 Å². The van der Waals surface area contributed by atoms with E-state index in [9.17, 15) is 31.5 Å². The van der Waals surface area contributed by atoms with Gasteiger partial charge in [-0.1, -0.05) is 6.07 Å². The summed E-state index contributed by atoms with van der Waals surface area (Å²) >= 11 is 0. The van der Waals surface area contributed by atoms with Crippen molar-refractivity contribution in [3.63, 3.8) is 0 Å². The second kappa shape index (κ2) is 7.51. The van der Waals surface area contributed by atoms with Crippen molar-refractivity contribution >= 4 is 17.6 Å². The van der Waals surface area contributed by atoms with Gasteiger partial charge in [-0.25, -0.2) is 13.6 Å². The minimum atomic E-state index is -4.64. The molecular formula is C17H12F5NO3. The maximum Gasteiger partial charge on any atom is 0.416 e. The third-order valence-corrected chi connectivity index (χ3v) is 3.26. The van der Waals surface area contributed by atoms with Gasteiger partial charge in [-0.05, 0) is 37.3 Å². The summed E-state index contributed by atoms with van der Waals surface area (Å²) in [6.45, 7) is 1.14. The molecule has 0 spiro atoms. The van der Waals surface area contributed by atoms with Crippen LogP contribution in [0.4, 0.5) is 27.6 Å². The smallest absolute Gasteiger partial charge is 0.416 e. The van der Waals surface area contributed by atoms with Gasteiger partial charge < -0.3 is 10.1 Å². The van der Waals surface area contributed by atoms with E-state index in [0.29, 0.717) is 6.07 Å². The van der Waals surface area contributed by atoms with Crippen LogP contribution >= 0.6 is 0 Å². The van der Waals surface area contributed by atoms with E-state index >= 15 is 0 Å².